The van der Waals surface area contributed by atoms with Crippen LogP contribution < -0.4 is 11.1 Å². The number of hydrogen-bond donors (Lipinski definition) is 2. The zero-order valence-corrected chi connectivity index (χ0v) is 14.1. The molecule has 3 N–H and O–H groups in total. The Morgan fingerprint density at radius 1 is 1.27 bits per heavy atom. The SMILES string of the molecule is C/C=C(C(=O)N1CC2CCCC2C1)/C(C)=C(/N)NC1(C)CC1. The molecule has 0 spiro atoms. The van der Waals surface area contributed by atoms with E-state index in [1.807, 2.05) is 24.8 Å². The summed E-state index contributed by atoms with van der Waals surface area (Å²) in [7, 11) is 0. The highest BCUT2D eigenvalue weighted by molar-refractivity contribution is 5.97. The van der Waals surface area contributed by atoms with Crippen molar-refractivity contribution in [3.8, 4) is 0 Å². The molecule has 2 aliphatic carbocycles. The van der Waals surface area contributed by atoms with Gasteiger partial charge in [-0.25, -0.2) is 0 Å². The molecule has 0 radical (unpaired) electrons. The number of hydrogen-bond acceptors (Lipinski definition) is 3. The minimum absolute atomic E-state index is 0.137. The summed E-state index contributed by atoms with van der Waals surface area (Å²) in [5.74, 6) is 2.26. The zero-order valence-electron chi connectivity index (χ0n) is 14.1. The van der Waals surface area contributed by atoms with E-state index in [1.54, 1.807) is 0 Å². The summed E-state index contributed by atoms with van der Waals surface area (Å²) in [5, 5.41) is 3.38. The van der Waals surface area contributed by atoms with E-state index in [0.717, 1.165) is 48.9 Å². The van der Waals surface area contributed by atoms with Gasteiger partial charge in [0.15, 0.2) is 0 Å². The molecule has 0 bridgehead atoms. The summed E-state index contributed by atoms with van der Waals surface area (Å²) >= 11 is 0. The number of nitrogens with zero attached hydrogens (tertiary/aromatic N) is 1. The number of carbonyl (C=O) groups excluding carboxylic acids is 1. The molecule has 1 saturated heterocycles. The maximum Gasteiger partial charge on any atom is 0.253 e. The summed E-state index contributed by atoms with van der Waals surface area (Å²) in [6.07, 6.45) is 8.12. The molecule has 0 aromatic carbocycles. The molecule has 2 saturated carbocycles. The first-order valence-corrected chi connectivity index (χ1v) is 8.64. The van der Waals surface area contributed by atoms with Gasteiger partial charge in [0.05, 0.1) is 0 Å². The van der Waals surface area contributed by atoms with E-state index in [9.17, 15) is 4.79 Å². The second-order valence-electron chi connectivity index (χ2n) is 7.59. The molecule has 0 aromatic rings. The Kier molecular flexibility index (Phi) is 3.96. The second-order valence-corrected chi connectivity index (χ2v) is 7.59. The van der Waals surface area contributed by atoms with Crippen molar-refractivity contribution in [2.24, 2.45) is 17.6 Å². The van der Waals surface area contributed by atoms with Gasteiger partial charge in [0.1, 0.15) is 5.82 Å². The predicted molar refractivity (Wildman–Crippen MR) is 88.8 cm³/mol. The van der Waals surface area contributed by atoms with Crippen LogP contribution in [0.25, 0.3) is 0 Å². The van der Waals surface area contributed by atoms with Crippen molar-refractivity contribution in [1.29, 1.82) is 0 Å². The van der Waals surface area contributed by atoms with E-state index in [-0.39, 0.29) is 11.4 Å². The largest absolute Gasteiger partial charge is 0.385 e. The molecular formula is C18H29N3O. The summed E-state index contributed by atoms with van der Waals surface area (Å²) in [4.78, 5) is 14.9. The third kappa shape index (κ3) is 2.88. The quantitative estimate of drug-likeness (QED) is 0.620. The first-order valence-electron chi connectivity index (χ1n) is 8.64. The van der Waals surface area contributed by atoms with Crippen LogP contribution in [-0.2, 0) is 4.79 Å². The Morgan fingerprint density at radius 2 is 1.86 bits per heavy atom. The monoisotopic (exact) mass is 303 g/mol. The first-order chi connectivity index (χ1) is 10.4. The van der Waals surface area contributed by atoms with E-state index in [1.165, 1.54) is 19.3 Å². The van der Waals surface area contributed by atoms with E-state index in [4.69, 9.17) is 5.73 Å². The van der Waals surface area contributed by atoms with Gasteiger partial charge < -0.3 is 16.0 Å². The Morgan fingerprint density at radius 3 is 2.36 bits per heavy atom. The van der Waals surface area contributed by atoms with Gasteiger partial charge >= 0.3 is 0 Å². The molecule has 1 amide bonds. The number of rotatable bonds is 4. The molecule has 0 aromatic heterocycles. The van der Waals surface area contributed by atoms with Crippen LogP contribution in [0, 0.1) is 11.8 Å². The Balaban J connectivity index is 1.70. The number of fused-ring (bicyclic) bond motifs is 1. The molecule has 4 nitrogen and oxygen atoms in total. The summed E-state index contributed by atoms with van der Waals surface area (Å²) in [6.45, 7) is 7.92. The first kappa shape index (κ1) is 15.4. The lowest BCUT2D eigenvalue weighted by atomic mass is 10.0. The fourth-order valence-corrected chi connectivity index (χ4v) is 3.95. The van der Waals surface area contributed by atoms with Crippen LogP contribution in [0.4, 0.5) is 0 Å². The number of allylic oxidation sites excluding steroid dienone is 1. The maximum atomic E-state index is 12.9. The average molecular weight is 303 g/mol. The van der Waals surface area contributed by atoms with Crippen LogP contribution in [0.5, 0.6) is 0 Å². The Hall–Kier alpha value is -1.45. The standard InChI is InChI=1S/C18H29N3O/c1-4-15(12(2)16(19)20-18(3)8-9-18)17(22)21-10-13-6-5-7-14(13)11-21/h4,13-14,20H,5-11,19H2,1-3H3/b15-4-,16-12-. The molecule has 1 aliphatic heterocycles. The van der Waals surface area contributed by atoms with Crippen molar-refractivity contribution in [2.45, 2.75) is 58.4 Å². The fourth-order valence-electron chi connectivity index (χ4n) is 3.95. The second kappa shape index (κ2) is 5.64. The van der Waals surface area contributed by atoms with Gasteiger partial charge in [0.2, 0.25) is 0 Å². The number of carbonyl (C=O) groups is 1. The molecule has 22 heavy (non-hydrogen) atoms. The maximum absolute atomic E-state index is 12.9. The normalized spacial score (nSPS) is 30.9. The molecule has 122 valence electrons. The van der Waals surface area contributed by atoms with Gasteiger partial charge in [-0.15, -0.1) is 0 Å². The van der Waals surface area contributed by atoms with Crippen LogP contribution in [0.3, 0.4) is 0 Å². The highest BCUT2D eigenvalue weighted by Crippen LogP contribution is 2.39. The minimum Gasteiger partial charge on any atom is -0.385 e. The minimum atomic E-state index is 0.137. The number of nitrogens with one attached hydrogen (secondary N) is 1. The lowest BCUT2D eigenvalue weighted by Crippen LogP contribution is -2.35. The number of nitrogens with two attached hydrogens (primary N) is 1. The molecule has 2 atom stereocenters. The highest BCUT2D eigenvalue weighted by Gasteiger charge is 2.40. The van der Waals surface area contributed by atoms with E-state index < -0.39 is 0 Å². The van der Waals surface area contributed by atoms with Crippen molar-refractivity contribution in [3.63, 3.8) is 0 Å². The van der Waals surface area contributed by atoms with Crippen LogP contribution in [0.2, 0.25) is 0 Å². The lowest BCUT2D eigenvalue weighted by Gasteiger charge is -2.22. The summed E-state index contributed by atoms with van der Waals surface area (Å²) in [6, 6.07) is 0. The van der Waals surface area contributed by atoms with Crippen molar-refractivity contribution in [1.82, 2.24) is 10.2 Å². The van der Waals surface area contributed by atoms with Gasteiger partial charge in [0.25, 0.3) is 5.91 Å². The van der Waals surface area contributed by atoms with Crippen molar-refractivity contribution in [2.75, 3.05) is 13.1 Å². The highest BCUT2D eigenvalue weighted by atomic mass is 16.2. The van der Waals surface area contributed by atoms with Gasteiger partial charge in [-0.05, 0) is 58.3 Å². The average Bonchev–Trinajstić information content (AvgIpc) is 2.89. The Labute approximate surface area is 133 Å². The lowest BCUT2D eigenvalue weighted by molar-refractivity contribution is -0.126. The number of likely N-dealkylation sites (tertiary alicyclic amines) is 1. The van der Waals surface area contributed by atoms with Crippen molar-refractivity contribution < 1.29 is 4.79 Å². The van der Waals surface area contributed by atoms with Crippen LogP contribution >= 0.6 is 0 Å². The molecule has 3 fully saturated rings. The van der Waals surface area contributed by atoms with Crippen molar-refractivity contribution in [3.05, 3.63) is 23.0 Å². The third-order valence-corrected chi connectivity index (χ3v) is 5.78. The van der Waals surface area contributed by atoms with E-state index in [0.29, 0.717) is 5.82 Å². The van der Waals surface area contributed by atoms with Gasteiger partial charge in [-0.1, -0.05) is 12.5 Å². The smallest absolute Gasteiger partial charge is 0.253 e. The van der Waals surface area contributed by atoms with Crippen LogP contribution in [0.1, 0.15) is 52.9 Å². The summed E-state index contributed by atoms with van der Waals surface area (Å²) in [5.41, 5.74) is 7.99. The fraction of sp³-hybridized carbons (Fsp3) is 0.722. The molecular weight excluding hydrogens is 274 g/mol. The molecule has 1 heterocycles. The van der Waals surface area contributed by atoms with Crippen LogP contribution in [-0.4, -0.2) is 29.4 Å². The van der Waals surface area contributed by atoms with E-state index >= 15 is 0 Å². The molecule has 3 rings (SSSR count). The van der Waals surface area contributed by atoms with Crippen LogP contribution in [0.15, 0.2) is 23.0 Å². The van der Waals surface area contributed by atoms with Gasteiger partial charge in [-0.3, -0.25) is 4.79 Å². The molecule has 4 heteroatoms. The van der Waals surface area contributed by atoms with E-state index in [2.05, 4.69) is 12.2 Å². The molecule has 2 unspecified atom stereocenters. The Bertz CT molecular complexity index is 518. The zero-order chi connectivity index (χ0) is 15.9. The number of amides is 1. The topological polar surface area (TPSA) is 58.4 Å². The van der Waals surface area contributed by atoms with Gasteiger partial charge in [0, 0.05) is 29.8 Å². The predicted octanol–water partition coefficient (Wildman–Crippen LogP) is 2.52. The van der Waals surface area contributed by atoms with Gasteiger partial charge in [-0.2, -0.15) is 0 Å². The molecule has 3 aliphatic rings. The van der Waals surface area contributed by atoms with Crippen molar-refractivity contribution >= 4 is 5.91 Å². The summed E-state index contributed by atoms with van der Waals surface area (Å²) < 4.78 is 0. The third-order valence-electron chi connectivity index (χ3n) is 5.78.